The number of aliphatic hydroxyl groups is 1. The van der Waals surface area contributed by atoms with Crippen molar-refractivity contribution < 1.29 is 14.7 Å². The number of primary amides is 1. The van der Waals surface area contributed by atoms with Gasteiger partial charge in [0.15, 0.2) is 0 Å². The lowest BCUT2D eigenvalue weighted by Crippen LogP contribution is -2.67. The van der Waals surface area contributed by atoms with Gasteiger partial charge in [-0.3, -0.25) is 9.59 Å². The number of nitrogens with zero attached hydrogens (tertiary/aromatic N) is 1. The fourth-order valence-corrected chi connectivity index (χ4v) is 1.58. The molecule has 4 N–H and O–H groups in total. The molecule has 16 heavy (non-hydrogen) atoms. The van der Waals surface area contributed by atoms with Crippen LogP contribution in [0.2, 0.25) is 0 Å². The summed E-state index contributed by atoms with van der Waals surface area (Å²) in [5, 5.41) is 12.3. The van der Waals surface area contributed by atoms with Gasteiger partial charge in [0.05, 0.1) is 6.04 Å². The Labute approximate surface area is 95.1 Å². The Morgan fingerprint density at radius 1 is 1.62 bits per heavy atom. The first-order valence-electron chi connectivity index (χ1n) is 4.92. The number of nitrogens with two attached hydrogens (primary N) is 1. The molecule has 0 rings (SSSR count). The molecule has 2 atom stereocenters. The summed E-state index contributed by atoms with van der Waals surface area (Å²) < 4.78 is 0. The molecule has 0 aromatic heterocycles. The van der Waals surface area contributed by atoms with E-state index in [0.717, 1.165) is 6.08 Å². The highest BCUT2D eigenvalue weighted by Crippen LogP contribution is 2.15. The molecule has 0 radical (unpaired) electrons. The van der Waals surface area contributed by atoms with Crippen LogP contribution in [0.25, 0.3) is 0 Å². The molecule has 6 nitrogen and oxygen atoms in total. The van der Waals surface area contributed by atoms with E-state index in [-0.39, 0.29) is 0 Å². The van der Waals surface area contributed by atoms with Crippen molar-refractivity contribution in [1.29, 1.82) is 0 Å². The third kappa shape index (κ3) is 3.04. The summed E-state index contributed by atoms with van der Waals surface area (Å²) in [5.41, 5.74) is 3.03. The SMILES string of the molecule is C=CC(=O)NC(O)(C(N)=O)C(CC)N(C)C. The van der Waals surface area contributed by atoms with E-state index in [4.69, 9.17) is 5.73 Å². The van der Waals surface area contributed by atoms with Crippen LogP contribution < -0.4 is 11.1 Å². The number of amides is 2. The smallest absolute Gasteiger partial charge is 0.272 e. The average Bonchev–Trinajstić information content (AvgIpc) is 2.17. The topological polar surface area (TPSA) is 95.7 Å². The number of rotatable bonds is 6. The van der Waals surface area contributed by atoms with Crippen LogP contribution in [0.5, 0.6) is 0 Å². The summed E-state index contributed by atoms with van der Waals surface area (Å²) in [5.74, 6) is -1.65. The maximum absolute atomic E-state index is 11.3. The molecule has 92 valence electrons. The lowest BCUT2D eigenvalue weighted by molar-refractivity contribution is -0.153. The molecule has 0 aliphatic rings. The predicted molar refractivity (Wildman–Crippen MR) is 60.2 cm³/mol. The van der Waals surface area contributed by atoms with Crippen molar-refractivity contribution in [2.45, 2.75) is 25.1 Å². The van der Waals surface area contributed by atoms with Crippen LogP contribution in [0, 0.1) is 0 Å². The van der Waals surface area contributed by atoms with Crippen LogP contribution in [0.4, 0.5) is 0 Å². The minimum Gasteiger partial charge on any atom is -0.365 e. The molecule has 0 aromatic rings. The molecule has 0 heterocycles. The molecular formula is C10H19N3O3. The van der Waals surface area contributed by atoms with Gasteiger partial charge >= 0.3 is 0 Å². The van der Waals surface area contributed by atoms with Gasteiger partial charge in [-0.2, -0.15) is 0 Å². The van der Waals surface area contributed by atoms with E-state index < -0.39 is 23.6 Å². The van der Waals surface area contributed by atoms with Crippen molar-refractivity contribution in [3.63, 3.8) is 0 Å². The van der Waals surface area contributed by atoms with E-state index in [2.05, 4.69) is 11.9 Å². The van der Waals surface area contributed by atoms with Gasteiger partial charge < -0.3 is 21.1 Å². The molecule has 0 aromatic carbocycles. The standard InChI is InChI=1S/C10H19N3O3/c1-5-7(13(3)4)10(16,9(11)15)12-8(14)6-2/h6-7,16H,2,5H2,1,3-4H3,(H2,11,15)(H,12,14). The Balaban J connectivity index is 5.15. The number of hydrogen-bond acceptors (Lipinski definition) is 4. The molecule has 0 saturated heterocycles. The van der Waals surface area contributed by atoms with Crippen molar-refractivity contribution in [1.82, 2.24) is 10.2 Å². The summed E-state index contributed by atoms with van der Waals surface area (Å²) >= 11 is 0. The van der Waals surface area contributed by atoms with Crippen molar-refractivity contribution in [2.75, 3.05) is 14.1 Å². The van der Waals surface area contributed by atoms with Gasteiger partial charge in [-0.15, -0.1) is 0 Å². The van der Waals surface area contributed by atoms with Gasteiger partial charge in [-0.25, -0.2) is 0 Å². The predicted octanol–water partition coefficient (Wildman–Crippen LogP) is -1.20. The van der Waals surface area contributed by atoms with Crippen LogP contribution >= 0.6 is 0 Å². The number of nitrogens with one attached hydrogen (secondary N) is 1. The molecule has 0 aliphatic heterocycles. The van der Waals surface area contributed by atoms with Gasteiger partial charge in [-0.1, -0.05) is 13.5 Å². The fraction of sp³-hybridized carbons (Fsp3) is 0.600. The van der Waals surface area contributed by atoms with Crippen LogP contribution in [-0.2, 0) is 9.59 Å². The summed E-state index contributed by atoms with van der Waals surface area (Å²) in [6.45, 7) is 5.02. The van der Waals surface area contributed by atoms with Gasteiger partial charge in [0.2, 0.25) is 11.6 Å². The Hall–Kier alpha value is -1.40. The number of carbonyl (C=O) groups is 2. The van der Waals surface area contributed by atoms with Crippen molar-refractivity contribution >= 4 is 11.8 Å². The quantitative estimate of drug-likeness (QED) is 0.394. The highest BCUT2D eigenvalue weighted by molar-refractivity contribution is 5.93. The van der Waals surface area contributed by atoms with E-state index in [1.807, 2.05) is 0 Å². The summed E-state index contributed by atoms with van der Waals surface area (Å²) in [4.78, 5) is 24.1. The lowest BCUT2D eigenvalue weighted by atomic mass is 9.99. The van der Waals surface area contributed by atoms with Gasteiger partial charge in [0.25, 0.3) is 5.91 Å². The molecular weight excluding hydrogens is 210 g/mol. The average molecular weight is 229 g/mol. The molecule has 0 spiro atoms. The molecule has 2 unspecified atom stereocenters. The van der Waals surface area contributed by atoms with Crippen molar-refractivity contribution in [3.05, 3.63) is 12.7 Å². The normalized spacial score (nSPS) is 16.3. The maximum atomic E-state index is 11.3. The second kappa shape index (κ2) is 5.62. The summed E-state index contributed by atoms with van der Waals surface area (Å²) in [6, 6.07) is -0.603. The second-order valence-electron chi connectivity index (χ2n) is 3.71. The zero-order valence-electron chi connectivity index (χ0n) is 9.86. The lowest BCUT2D eigenvalue weighted by Gasteiger charge is -2.37. The van der Waals surface area contributed by atoms with Crippen LogP contribution in [0.3, 0.4) is 0 Å². The fourth-order valence-electron chi connectivity index (χ4n) is 1.58. The Morgan fingerprint density at radius 3 is 2.38 bits per heavy atom. The first-order chi connectivity index (χ1) is 7.29. The van der Waals surface area contributed by atoms with Crippen LogP contribution in [0.1, 0.15) is 13.3 Å². The Bertz CT molecular complexity index is 291. The van der Waals surface area contributed by atoms with Crippen LogP contribution in [-0.4, -0.2) is 47.7 Å². The van der Waals surface area contributed by atoms with E-state index in [0.29, 0.717) is 6.42 Å². The molecule has 0 bridgehead atoms. The maximum Gasteiger partial charge on any atom is 0.272 e. The molecule has 0 saturated carbocycles. The van der Waals surface area contributed by atoms with Gasteiger partial charge in [0.1, 0.15) is 0 Å². The molecule has 6 heteroatoms. The zero-order chi connectivity index (χ0) is 12.9. The van der Waals surface area contributed by atoms with E-state index in [1.165, 1.54) is 0 Å². The monoisotopic (exact) mass is 229 g/mol. The van der Waals surface area contributed by atoms with Crippen molar-refractivity contribution in [2.24, 2.45) is 5.73 Å². The highest BCUT2D eigenvalue weighted by Gasteiger charge is 2.43. The van der Waals surface area contributed by atoms with Crippen molar-refractivity contribution in [3.8, 4) is 0 Å². The van der Waals surface area contributed by atoms with Gasteiger partial charge in [0, 0.05) is 0 Å². The third-order valence-electron chi connectivity index (χ3n) is 2.37. The molecule has 0 fully saturated rings. The van der Waals surface area contributed by atoms with Gasteiger partial charge in [-0.05, 0) is 26.6 Å². The largest absolute Gasteiger partial charge is 0.365 e. The highest BCUT2D eigenvalue weighted by atomic mass is 16.3. The van der Waals surface area contributed by atoms with Crippen LogP contribution in [0.15, 0.2) is 12.7 Å². The molecule has 0 aliphatic carbocycles. The van der Waals surface area contributed by atoms with E-state index in [9.17, 15) is 14.7 Å². The number of carbonyl (C=O) groups excluding carboxylic acids is 2. The second-order valence-corrected chi connectivity index (χ2v) is 3.71. The summed E-state index contributed by atoms with van der Waals surface area (Å²) in [7, 11) is 3.37. The molecule has 2 amide bonds. The van der Waals surface area contributed by atoms with E-state index in [1.54, 1.807) is 25.9 Å². The first-order valence-corrected chi connectivity index (χ1v) is 4.92. The van der Waals surface area contributed by atoms with E-state index >= 15 is 0 Å². The zero-order valence-corrected chi connectivity index (χ0v) is 9.86. The number of likely N-dealkylation sites (N-methyl/N-ethyl adjacent to an activating group) is 1. The minimum absolute atomic E-state index is 0.448. The Kier molecular flexibility index (Phi) is 5.13. The number of hydrogen-bond donors (Lipinski definition) is 3. The summed E-state index contributed by atoms with van der Waals surface area (Å²) in [6.07, 6.45) is 1.42. The third-order valence-corrected chi connectivity index (χ3v) is 2.37. The minimum atomic E-state index is -2.09. The Morgan fingerprint density at radius 2 is 2.12 bits per heavy atom. The first kappa shape index (κ1) is 14.6.